The van der Waals surface area contributed by atoms with Crippen LogP contribution in [0, 0.1) is 11.8 Å². The maximum absolute atomic E-state index is 12.8. The molecular formula is C24H26N6O4. The number of amides is 3. The van der Waals surface area contributed by atoms with Crippen molar-refractivity contribution in [1.29, 1.82) is 0 Å². The number of piperidine rings is 1. The highest BCUT2D eigenvalue weighted by Crippen LogP contribution is 2.34. The van der Waals surface area contributed by atoms with Crippen LogP contribution in [0.1, 0.15) is 16.8 Å². The Morgan fingerprint density at radius 2 is 1.94 bits per heavy atom. The van der Waals surface area contributed by atoms with E-state index in [0.29, 0.717) is 30.7 Å². The molecule has 1 aromatic carbocycles. The maximum Gasteiger partial charge on any atom is 0.323 e. The monoisotopic (exact) mass is 462 g/mol. The fraction of sp³-hybridized carbons (Fsp3) is 0.333. The molecule has 0 aliphatic carbocycles. The second kappa shape index (κ2) is 9.14. The fourth-order valence-corrected chi connectivity index (χ4v) is 4.79. The number of hydrogen-bond donors (Lipinski definition) is 3. The number of carbonyl (C=O) groups is 2. The lowest BCUT2D eigenvalue weighted by Crippen LogP contribution is -2.40. The number of nitrogens with one attached hydrogen (secondary N) is 2. The van der Waals surface area contributed by atoms with Crippen LogP contribution in [0.5, 0.6) is 5.75 Å². The zero-order valence-corrected chi connectivity index (χ0v) is 18.8. The van der Waals surface area contributed by atoms with Crippen molar-refractivity contribution in [2.75, 3.05) is 43.5 Å². The minimum atomic E-state index is -0.654. The first kappa shape index (κ1) is 21.9. The van der Waals surface area contributed by atoms with Gasteiger partial charge in [-0.15, -0.1) is 0 Å². The molecule has 3 aromatic rings. The Morgan fingerprint density at radius 3 is 2.71 bits per heavy atom. The average Bonchev–Trinajstić information content (AvgIpc) is 3.32. The molecule has 3 N–H and O–H groups in total. The van der Waals surface area contributed by atoms with Gasteiger partial charge in [0.05, 0.1) is 18.2 Å². The van der Waals surface area contributed by atoms with Crippen LogP contribution in [-0.4, -0.2) is 65.3 Å². The van der Waals surface area contributed by atoms with Crippen molar-refractivity contribution in [1.82, 2.24) is 20.3 Å². The van der Waals surface area contributed by atoms with E-state index in [1.165, 1.54) is 18.3 Å². The van der Waals surface area contributed by atoms with Crippen molar-refractivity contribution in [2.24, 2.45) is 11.8 Å². The van der Waals surface area contributed by atoms with Crippen LogP contribution in [0.25, 0.3) is 10.9 Å². The third-order valence-corrected chi connectivity index (χ3v) is 6.66. The van der Waals surface area contributed by atoms with Crippen molar-refractivity contribution >= 4 is 34.5 Å². The molecule has 0 saturated carbocycles. The fourth-order valence-electron chi connectivity index (χ4n) is 4.79. The second-order valence-electron chi connectivity index (χ2n) is 8.69. The first-order valence-electron chi connectivity index (χ1n) is 11.2. The number of benzene rings is 1. The summed E-state index contributed by atoms with van der Waals surface area (Å²) in [6.45, 7) is 3.14. The number of ether oxygens (including phenoxy) is 1. The third-order valence-electron chi connectivity index (χ3n) is 6.66. The number of methoxy groups -OCH3 is 1. The van der Waals surface area contributed by atoms with Crippen LogP contribution in [-0.2, 0) is 0 Å². The number of urea groups is 1. The standard InChI is InChI=1S/C24H26N6O4/c1-34-19-4-5-20-15(10-19)3-7-22(26-20)29-9-8-17-12-30(14-18(17)13-29)24(32)27-21-6-2-16(11-25-21)23(31)28-33/h2-7,10-11,17-18,33H,8-9,12-14H2,1H3,(H,28,31)(H,25,27,32). The van der Waals surface area contributed by atoms with Gasteiger partial charge in [-0.05, 0) is 60.7 Å². The van der Waals surface area contributed by atoms with Crippen molar-refractivity contribution in [3.8, 4) is 5.75 Å². The molecule has 3 amide bonds. The minimum absolute atomic E-state index is 0.203. The third kappa shape index (κ3) is 4.32. The highest BCUT2D eigenvalue weighted by Gasteiger charge is 2.39. The lowest BCUT2D eigenvalue weighted by Gasteiger charge is -2.35. The van der Waals surface area contributed by atoms with Gasteiger partial charge in [-0.25, -0.2) is 20.2 Å². The van der Waals surface area contributed by atoms with E-state index in [1.807, 2.05) is 29.2 Å². The molecule has 2 saturated heterocycles. The molecule has 0 bridgehead atoms. The van der Waals surface area contributed by atoms with Crippen molar-refractivity contribution < 1.29 is 19.5 Å². The quantitative estimate of drug-likeness (QED) is 0.403. The van der Waals surface area contributed by atoms with Gasteiger partial charge in [0, 0.05) is 37.8 Å². The van der Waals surface area contributed by atoms with Gasteiger partial charge >= 0.3 is 6.03 Å². The molecule has 176 valence electrons. The van der Waals surface area contributed by atoms with E-state index in [-0.39, 0.29) is 11.6 Å². The summed E-state index contributed by atoms with van der Waals surface area (Å²) >= 11 is 0. The summed E-state index contributed by atoms with van der Waals surface area (Å²) in [7, 11) is 1.66. The van der Waals surface area contributed by atoms with Crippen molar-refractivity contribution in [3.63, 3.8) is 0 Å². The van der Waals surface area contributed by atoms with Crippen molar-refractivity contribution in [2.45, 2.75) is 6.42 Å². The number of aromatic nitrogens is 2. The number of rotatable bonds is 4. The molecule has 2 unspecified atom stereocenters. The van der Waals surface area contributed by atoms with Crippen LogP contribution in [0.15, 0.2) is 48.7 Å². The molecular weight excluding hydrogens is 436 g/mol. The lowest BCUT2D eigenvalue weighted by atomic mass is 9.89. The van der Waals surface area contributed by atoms with Crippen LogP contribution in [0.2, 0.25) is 0 Å². The number of anilines is 2. The van der Waals surface area contributed by atoms with E-state index in [4.69, 9.17) is 14.9 Å². The SMILES string of the molecule is COc1ccc2nc(N3CCC4CN(C(=O)Nc5ccc(C(=O)NO)cn5)CC4C3)ccc2c1. The summed E-state index contributed by atoms with van der Waals surface area (Å²) in [4.78, 5) is 37.3. The van der Waals surface area contributed by atoms with Crippen LogP contribution >= 0.6 is 0 Å². The first-order chi connectivity index (χ1) is 16.5. The van der Waals surface area contributed by atoms with Gasteiger partial charge < -0.3 is 14.5 Å². The van der Waals surface area contributed by atoms with Gasteiger partial charge in [0.15, 0.2) is 0 Å². The second-order valence-corrected chi connectivity index (χ2v) is 8.69. The zero-order chi connectivity index (χ0) is 23.7. The number of fused-ring (bicyclic) bond motifs is 2. The molecule has 0 spiro atoms. The van der Waals surface area contributed by atoms with E-state index >= 15 is 0 Å². The van der Waals surface area contributed by atoms with E-state index in [0.717, 1.165) is 42.0 Å². The predicted molar refractivity (Wildman–Crippen MR) is 126 cm³/mol. The number of nitrogens with zero attached hydrogens (tertiary/aromatic N) is 4. The Balaban J connectivity index is 1.21. The summed E-state index contributed by atoms with van der Waals surface area (Å²) in [5.74, 6) is 2.29. The van der Waals surface area contributed by atoms with E-state index in [2.05, 4.69) is 21.3 Å². The van der Waals surface area contributed by atoms with Gasteiger partial charge in [0.2, 0.25) is 0 Å². The molecule has 10 heteroatoms. The summed E-state index contributed by atoms with van der Waals surface area (Å²) in [5, 5.41) is 12.5. The number of hydrogen-bond acceptors (Lipinski definition) is 7. The smallest absolute Gasteiger partial charge is 0.323 e. The molecule has 2 aliphatic rings. The van der Waals surface area contributed by atoms with Gasteiger partial charge in [-0.3, -0.25) is 15.3 Å². The highest BCUT2D eigenvalue weighted by atomic mass is 16.5. The normalized spacial score (nSPS) is 19.6. The van der Waals surface area contributed by atoms with Crippen molar-refractivity contribution in [3.05, 3.63) is 54.2 Å². The lowest BCUT2D eigenvalue weighted by molar-refractivity contribution is 0.0706. The van der Waals surface area contributed by atoms with Gasteiger partial charge in [-0.2, -0.15) is 0 Å². The van der Waals surface area contributed by atoms with E-state index in [9.17, 15) is 9.59 Å². The number of pyridine rings is 2. The maximum atomic E-state index is 12.8. The zero-order valence-electron chi connectivity index (χ0n) is 18.8. The molecule has 4 heterocycles. The molecule has 5 rings (SSSR count). The Bertz CT molecular complexity index is 1220. The van der Waals surface area contributed by atoms with Crippen LogP contribution in [0.3, 0.4) is 0 Å². The molecule has 10 nitrogen and oxygen atoms in total. The number of likely N-dealkylation sites (tertiary alicyclic amines) is 1. The largest absolute Gasteiger partial charge is 0.497 e. The topological polar surface area (TPSA) is 120 Å². The molecule has 2 aromatic heterocycles. The average molecular weight is 463 g/mol. The van der Waals surface area contributed by atoms with Crippen LogP contribution < -0.4 is 20.4 Å². The van der Waals surface area contributed by atoms with Gasteiger partial charge in [-0.1, -0.05) is 0 Å². The summed E-state index contributed by atoms with van der Waals surface area (Å²) in [5.41, 5.74) is 2.69. The molecule has 34 heavy (non-hydrogen) atoms. The highest BCUT2D eigenvalue weighted by molar-refractivity contribution is 5.94. The Morgan fingerprint density at radius 1 is 1.09 bits per heavy atom. The van der Waals surface area contributed by atoms with Gasteiger partial charge in [0.1, 0.15) is 17.4 Å². The molecule has 2 fully saturated rings. The molecule has 0 radical (unpaired) electrons. The molecule has 2 aliphatic heterocycles. The minimum Gasteiger partial charge on any atom is -0.497 e. The first-order valence-corrected chi connectivity index (χ1v) is 11.2. The summed E-state index contributed by atoms with van der Waals surface area (Å²) in [6.07, 6.45) is 2.30. The van der Waals surface area contributed by atoms with E-state index < -0.39 is 5.91 Å². The Labute approximate surface area is 196 Å². The van der Waals surface area contributed by atoms with Crippen LogP contribution in [0.4, 0.5) is 16.4 Å². The molecule has 2 atom stereocenters. The Kier molecular flexibility index (Phi) is 5.89. The predicted octanol–water partition coefficient (Wildman–Crippen LogP) is 2.75. The van der Waals surface area contributed by atoms with Gasteiger partial charge in [0.25, 0.3) is 5.91 Å². The number of carbonyl (C=O) groups excluding carboxylic acids is 2. The summed E-state index contributed by atoms with van der Waals surface area (Å²) in [6, 6.07) is 12.8. The Hall–Kier alpha value is -3.92. The number of hydroxylamine groups is 1. The summed E-state index contributed by atoms with van der Waals surface area (Å²) < 4.78 is 5.30. The van der Waals surface area contributed by atoms with E-state index in [1.54, 1.807) is 12.6 Å².